The van der Waals surface area contributed by atoms with E-state index in [1.165, 1.54) is 6.42 Å². The lowest BCUT2D eigenvalue weighted by Crippen LogP contribution is -2.35. The van der Waals surface area contributed by atoms with Gasteiger partial charge in [-0.05, 0) is 19.3 Å². The highest BCUT2D eigenvalue weighted by atomic mass is 16.1. The van der Waals surface area contributed by atoms with E-state index in [0.29, 0.717) is 18.4 Å². The van der Waals surface area contributed by atoms with Gasteiger partial charge in [-0.1, -0.05) is 27.2 Å². The lowest BCUT2D eigenvalue weighted by atomic mass is 10.0. The van der Waals surface area contributed by atoms with Gasteiger partial charge in [0.2, 0.25) is 5.91 Å². The number of carbonyl (C=O) groups is 1. The van der Waals surface area contributed by atoms with Gasteiger partial charge in [0.05, 0.1) is 0 Å². The number of amides is 1. The lowest BCUT2D eigenvalue weighted by molar-refractivity contribution is -0.121. The van der Waals surface area contributed by atoms with Gasteiger partial charge in [0.15, 0.2) is 0 Å². The maximum atomic E-state index is 11.3. The van der Waals surface area contributed by atoms with Crippen LogP contribution in [0.3, 0.4) is 0 Å². The maximum Gasteiger partial charge on any atom is 0.221 e. The van der Waals surface area contributed by atoms with Gasteiger partial charge >= 0.3 is 0 Å². The van der Waals surface area contributed by atoms with Crippen molar-refractivity contribution in [3.8, 4) is 0 Å². The third kappa shape index (κ3) is 7.37. The molecule has 0 radical (unpaired) electrons. The van der Waals surface area contributed by atoms with E-state index in [1.807, 2.05) is 0 Å². The van der Waals surface area contributed by atoms with Crippen molar-refractivity contribution in [2.24, 2.45) is 5.92 Å². The topological polar surface area (TPSA) is 41.1 Å². The summed E-state index contributed by atoms with van der Waals surface area (Å²) in [6, 6.07) is 0.494. The minimum absolute atomic E-state index is 0.153. The first-order chi connectivity index (χ1) is 7.11. The van der Waals surface area contributed by atoms with Crippen LogP contribution in [0.1, 0.15) is 47.0 Å². The molecule has 0 aromatic rings. The molecule has 0 heterocycles. The van der Waals surface area contributed by atoms with Crippen molar-refractivity contribution in [1.29, 1.82) is 0 Å². The molecule has 2 N–H and O–H groups in total. The van der Waals surface area contributed by atoms with Gasteiger partial charge in [-0.25, -0.2) is 0 Å². The number of carbonyl (C=O) groups excluding carboxylic acids is 1. The molecular formula is C12H26N2O. The Labute approximate surface area is 94.0 Å². The largest absolute Gasteiger partial charge is 0.356 e. The Morgan fingerprint density at radius 3 is 2.40 bits per heavy atom. The van der Waals surface area contributed by atoms with Crippen molar-refractivity contribution in [3.05, 3.63) is 0 Å². The molecule has 0 aliphatic rings. The molecule has 0 saturated carbocycles. The fraction of sp³-hybridized carbons (Fsp3) is 0.917. The van der Waals surface area contributed by atoms with E-state index >= 15 is 0 Å². The zero-order chi connectivity index (χ0) is 11.7. The fourth-order valence-electron chi connectivity index (χ4n) is 1.32. The molecule has 15 heavy (non-hydrogen) atoms. The molecule has 0 saturated heterocycles. The second-order valence-corrected chi connectivity index (χ2v) is 4.23. The van der Waals surface area contributed by atoms with Gasteiger partial charge in [0, 0.05) is 25.6 Å². The molecule has 0 fully saturated rings. The third-order valence-electron chi connectivity index (χ3n) is 2.89. The lowest BCUT2D eigenvalue weighted by Gasteiger charge is -2.19. The summed E-state index contributed by atoms with van der Waals surface area (Å²) in [7, 11) is 0. The standard InChI is InChI=1S/C12H26N2O/c1-5-8-14-12(15)7-9-13-11(4)10(3)6-2/h10-11,13H,5-9H2,1-4H3,(H,14,15). The summed E-state index contributed by atoms with van der Waals surface area (Å²) in [5, 5.41) is 6.25. The Kier molecular flexibility index (Phi) is 8.38. The molecule has 0 bridgehead atoms. The number of hydrogen-bond donors (Lipinski definition) is 2. The van der Waals surface area contributed by atoms with Crippen LogP contribution in [-0.4, -0.2) is 25.0 Å². The van der Waals surface area contributed by atoms with Crippen molar-refractivity contribution in [1.82, 2.24) is 10.6 Å². The molecule has 1 amide bonds. The summed E-state index contributed by atoms with van der Waals surface area (Å²) in [5.41, 5.74) is 0. The van der Waals surface area contributed by atoms with Crippen LogP contribution in [0.2, 0.25) is 0 Å². The Morgan fingerprint density at radius 2 is 1.87 bits per heavy atom. The van der Waals surface area contributed by atoms with E-state index in [4.69, 9.17) is 0 Å². The van der Waals surface area contributed by atoms with Crippen LogP contribution < -0.4 is 10.6 Å². The van der Waals surface area contributed by atoms with Gasteiger partial charge in [-0.15, -0.1) is 0 Å². The molecule has 0 aliphatic heterocycles. The molecule has 0 aromatic heterocycles. The van der Waals surface area contributed by atoms with Crippen LogP contribution in [0.15, 0.2) is 0 Å². The van der Waals surface area contributed by atoms with E-state index in [2.05, 4.69) is 38.3 Å². The minimum atomic E-state index is 0.153. The second kappa shape index (κ2) is 8.72. The molecule has 0 rings (SSSR count). The highest BCUT2D eigenvalue weighted by Gasteiger charge is 2.09. The molecule has 0 aromatic carbocycles. The zero-order valence-electron chi connectivity index (χ0n) is 10.6. The summed E-state index contributed by atoms with van der Waals surface area (Å²) < 4.78 is 0. The van der Waals surface area contributed by atoms with Crippen LogP contribution in [0.4, 0.5) is 0 Å². The SMILES string of the molecule is CCCNC(=O)CCNC(C)C(C)CC. The summed E-state index contributed by atoms with van der Waals surface area (Å²) in [6.45, 7) is 10.2. The van der Waals surface area contributed by atoms with Crippen LogP contribution in [0, 0.1) is 5.92 Å². The Morgan fingerprint density at radius 1 is 1.20 bits per heavy atom. The number of hydrogen-bond acceptors (Lipinski definition) is 2. The van der Waals surface area contributed by atoms with Crippen LogP contribution >= 0.6 is 0 Å². The summed E-state index contributed by atoms with van der Waals surface area (Å²) in [6.07, 6.45) is 2.76. The van der Waals surface area contributed by atoms with Gasteiger partial charge in [0.1, 0.15) is 0 Å². The highest BCUT2D eigenvalue weighted by Crippen LogP contribution is 2.05. The van der Waals surface area contributed by atoms with Crippen molar-refractivity contribution < 1.29 is 4.79 Å². The fourth-order valence-corrected chi connectivity index (χ4v) is 1.32. The Bertz CT molecular complexity index is 171. The molecule has 0 spiro atoms. The summed E-state index contributed by atoms with van der Waals surface area (Å²) in [5.74, 6) is 0.824. The normalized spacial score (nSPS) is 14.7. The first kappa shape index (κ1) is 14.4. The van der Waals surface area contributed by atoms with E-state index in [-0.39, 0.29) is 5.91 Å². The Hall–Kier alpha value is -0.570. The highest BCUT2D eigenvalue weighted by molar-refractivity contribution is 5.75. The van der Waals surface area contributed by atoms with E-state index in [0.717, 1.165) is 19.5 Å². The predicted molar refractivity (Wildman–Crippen MR) is 64.8 cm³/mol. The summed E-state index contributed by atoms with van der Waals surface area (Å²) in [4.78, 5) is 11.3. The molecular weight excluding hydrogens is 188 g/mol. The molecule has 3 nitrogen and oxygen atoms in total. The predicted octanol–water partition coefficient (Wildman–Crippen LogP) is 1.93. The van der Waals surface area contributed by atoms with Gasteiger partial charge in [0.25, 0.3) is 0 Å². The maximum absolute atomic E-state index is 11.3. The number of nitrogens with one attached hydrogen (secondary N) is 2. The molecule has 3 heteroatoms. The smallest absolute Gasteiger partial charge is 0.221 e. The van der Waals surface area contributed by atoms with Gasteiger partial charge in [-0.3, -0.25) is 4.79 Å². The first-order valence-corrected chi connectivity index (χ1v) is 6.11. The average molecular weight is 214 g/mol. The van der Waals surface area contributed by atoms with E-state index < -0.39 is 0 Å². The van der Waals surface area contributed by atoms with Crippen LogP contribution in [0.25, 0.3) is 0 Å². The average Bonchev–Trinajstić information content (AvgIpc) is 2.24. The van der Waals surface area contributed by atoms with Crippen molar-refractivity contribution in [2.75, 3.05) is 13.1 Å². The molecule has 2 unspecified atom stereocenters. The molecule has 90 valence electrons. The monoisotopic (exact) mass is 214 g/mol. The molecule has 2 atom stereocenters. The third-order valence-corrected chi connectivity index (χ3v) is 2.89. The van der Waals surface area contributed by atoms with E-state index in [9.17, 15) is 4.79 Å². The van der Waals surface area contributed by atoms with Crippen molar-refractivity contribution in [3.63, 3.8) is 0 Å². The first-order valence-electron chi connectivity index (χ1n) is 6.11. The second-order valence-electron chi connectivity index (χ2n) is 4.23. The van der Waals surface area contributed by atoms with Gasteiger partial charge in [-0.2, -0.15) is 0 Å². The quantitative estimate of drug-likeness (QED) is 0.648. The van der Waals surface area contributed by atoms with Crippen LogP contribution in [-0.2, 0) is 4.79 Å². The summed E-state index contributed by atoms with van der Waals surface area (Å²) >= 11 is 0. The van der Waals surface area contributed by atoms with E-state index in [1.54, 1.807) is 0 Å². The Balaban J connectivity index is 3.48. The van der Waals surface area contributed by atoms with Crippen molar-refractivity contribution >= 4 is 5.91 Å². The van der Waals surface area contributed by atoms with Gasteiger partial charge < -0.3 is 10.6 Å². The molecule has 0 aliphatic carbocycles. The number of rotatable bonds is 8. The van der Waals surface area contributed by atoms with Crippen LogP contribution in [0.5, 0.6) is 0 Å². The minimum Gasteiger partial charge on any atom is -0.356 e. The zero-order valence-corrected chi connectivity index (χ0v) is 10.6. The van der Waals surface area contributed by atoms with Crippen molar-refractivity contribution in [2.45, 2.75) is 53.0 Å².